The van der Waals surface area contributed by atoms with Crippen molar-refractivity contribution in [3.8, 4) is 0 Å². The zero-order chi connectivity index (χ0) is 22.8. The zero-order valence-electron chi connectivity index (χ0n) is 16.6. The van der Waals surface area contributed by atoms with Crippen molar-refractivity contribution in [2.75, 3.05) is 11.6 Å². The van der Waals surface area contributed by atoms with E-state index < -0.39 is 29.8 Å². The topological polar surface area (TPSA) is 123 Å². The van der Waals surface area contributed by atoms with Gasteiger partial charge in [-0.05, 0) is 30.0 Å². The van der Waals surface area contributed by atoms with E-state index in [1.54, 1.807) is 6.07 Å². The van der Waals surface area contributed by atoms with Gasteiger partial charge in [0.1, 0.15) is 0 Å². The van der Waals surface area contributed by atoms with Gasteiger partial charge in [0.15, 0.2) is 20.7 Å². The SMILES string of the molecule is CS(=O)(=O)c1ccc([C@@H](CC2CCCC2)C(=O)Nc2cnc(S(=O)(=O)Cl)cn2)cc1Cl. The Bertz CT molecular complexity index is 1180. The second-order valence-electron chi connectivity index (χ2n) is 7.57. The van der Waals surface area contributed by atoms with E-state index in [1.807, 2.05) is 0 Å². The highest BCUT2D eigenvalue weighted by molar-refractivity contribution is 8.13. The van der Waals surface area contributed by atoms with Gasteiger partial charge in [-0.15, -0.1) is 0 Å². The average molecular weight is 506 g/mol. The van der Waals surface area contributed by atoms with Gasteiger partial charge in [0.2, 0.25) is 5.91 Å². The van der Waals surface area contributed by atoms with Crippen LogP contribution in [0.1, 0.15) is 43.6 Å². The molecule has 1 saturated carbocycles. The third-order valence-electron chi connectivity index (χ3n) is 5.25. The van der Waals surface area contributed by atoms with Gasteiger partial charge in [-0.1, -0.05) is 43.4 Å². The van der Waals surface area contributed by atoms with Gasteiger partial charge in [-0.25, -0.2) is 26.8 Å². The van der Waals surface area contributed by atoms with E-state index in [2.05, 4.69) is 15.3 Å². The number of aromatic nitrogens is 2. The molecule has 8 nitrogen and oxygen atoms in total. The van der Waals surface area contributed by atoms with Crippen molar-refractivity contribution in [2.45, 2.75) is 47.9 Å². The lowest BCUT2D eigenvalue weighted by molar-refractivity contribution is -0.118. The Hall–Kier alpha value is -1.75. The molecule has 0 unspecified atom stereocenters. The normalized spacial score (nSPS) is 16.2. The third kappa shape index (κ3) is 6.15. The van der Waals surface area contributed by atoms with Crippen molar-refractivity contribution in [1.82, 2.24) is 9.97 Å². The molecule has 1 amide bonds. The van der Waals surface area contributed by atoms with Crippen LogP contribution in [0.3, 0.4) is 0 Å². The minimum absolute atomic E-state index is 0.00156. The number of carbonyl (C=O) groups is 1. The molecule has 1 aliphatic carbocycles. The standard InChI is InChI=1S/C19H21Cl2N3O5S2/c1-30(26,27)16-7-6-13(9-15(16)20)14(8-12-4-2-3-5-12)19(25)24-17-10-23-18(11-22-17)31(21,28)29/h6-7,9-12,14H,2-5,8H2,1H3,(H,22,24,25)/t14-/m1/s1. The van der Waals surface area contributed by atoms with Crippen LogP contribution in [-0.2, 0) is 23.7 Å². The lowest BCUT2D eigenvalue weighted by Crippen LogP contribution is -2.24. The summed E-state index contributed by atoms with van der Waals surface area (Å²) < 4.78 is 46.3. The number of nitrogens with one attached hydrogen (secondary N) is 1. The van der Waals surface area contributed by atoms with E-state index >= 15 is 0 Å². The number of sulfone groups is 1. The Morgan fingerprint density at radius 1 is 1.16 bits per heavy atom. The molecule has 1 N–H and O–H groups in total. The molecule has 1 aliphatic rings. The number of rotatable bonds is 7. The van der Waals surface area contributed by atoms with Gasteiger partial charge in [-0.2, -0.15) is 0 Å². The Kier molecular flexibility index (Phi) is 7.25. The lowest BCUT2D eigenvalue weighted by atomic mass is 9.87. The van der Waals surface area contributed by atoms with Crippen molar-refractivity contribution >= 4 is 52.9 Å². The van der Waals surface area contributed by atoms with Crippen LogP contribution in [0, 0.1) is 5.92 Å². The number of nitrogens with zero attached hydrogens (tertiary/aromatic N) is 2. The van der Waals surface area contributed by atoms with E-state index in [0.29, 0.717) is 17.9 Å². The molecule has 0 spiro atoms. The Balaban J connectivity index is 1.88. The molecule has 1 fully saturated rings. The molecule has 3 rings (SSSR count). The van der Waals surface area contributed by atoms with Gasteiger partial charge >= 0.3 is 0 Å². The van der Waals surface area contributed by atoms with Gasteiger partial charge in [0, 0.05) is 16.9 Å². The summed E-state index contributed by atoms with van der Waals surface area (Å²) in [5.41, 5.74) is 0.592. The predicted molar refractivity (Wildman–Crippen MR) is 118 cm³/mol. The summed E-state index contributed by atoms with van der Waals surface area (Å²) in [4.78, 5) is 20.7. The summed E-state index contributed by atoms with van der Waals surface area (Å²) in [6.45, 7) is 0. The Labute approximate surface area is 190 Å². The zero-order valence-corrected chi connectivity index (χ0v) is 19.7. The monoisotopic (exact) mass is 505 g/mol. The van der Waals surface area contributed by atoms with Gasteiger partial charge in [-0.3, -0.25) is 4.79 Å². The molecule has 1 aromatic heterocycles. The highest BCUT2D eigenvalue weighted by Gasteiger charge is 2.28. The first-order valence-electron chi connectivity index (χ1n) is 9.52. The predicted octanol–water partition coefficient (Wildman–Crippen LogP) is 3.76. The number of benzene rings is 1. The largest absolute Gasteiger partial charge is 0.309 e. The second kappa shape index (κ2) is 9.40. The maximum absolute atomic E-state index is 13.1. The smallest absolute Gasteiger partial charge is 0.280 e. The number of amides is 1. The van der Waals surface area contributed by atoms with E-state index in [-0.39, 0.29) is 21.6 Å². The highest BCUT2D eigenvalue weighted by Crippen LogP contribution is 2.36. The fourth-order valence-electron chi connectivity index (χ4n) is 3.73. The van der Waals surface area contributed by atoms with Crippen LogP contribution in [0.2, 0.25) is 5.02 Å². The van der Waals surface area contributed by atoms with E-state index in [1.165, 1.54) is 12.1 Å². The van der Waals surface area contributed by atoms with E-state index in [4.69, 9.17) is 22.3 Å². The summed E-state index contributed by atoms with van der Waals surface area (Å²) >= 11 is 6.20. The Morgan fingerprint density at radius 3 is 2.35 bits per heavy atom. The summed E-state index contributed by atoms with van der Waals surface area (Å²) in [5.74, 6) is -0.526. The first kappa shape index (κ1) is 23.9. The number of hydrogen-bond donors (Lipinski definition) is 1. The average Bonchev–Trinajstić information content (AvgIpc) is 3.18. The molecule has 0 saturated heterocycles. The van der Waals surface area contributed by atoms with Crippen LogP contribution < -0.4 is 5.32 Å². The van der Waals surface area contributed by atoms with Crippen LogP contribution >= 0.6 is 22.3 Å². The van der Waals surface area contributed by atoms with Gasteiger partial charge in [0.25, 0.3) is 9.05 Å². The fraction of sp³-hybridized carbons (Fsp3) is 0.421. The maximum atomic E-state index is 13.1. The fourth-order valence-corrected chi connectivity index (χ4v) is 5.66. The molecule has 2 aromatic rings. The van der Waals surface area contributed by atoms with Gasteiger partial charge in [0.05, 0.1) is 28.2 Å². The first-order chi connectivity index (χ1) is 14.4. The molecule has 0 aliphatic heterocycles. The number of halogens is 2. The van der Waals surface area contributed by atoms with Crippen LogP contribution in [0.25, 0.3) is 0 Å². The number of carbonyl (C=O) groups excluding carboxylic acids is 1. The van der Waals surface area contributed by atoms with E-state index in [9.17, 15) is 21.6 Å². The van der Waals surface area contributed by atoms with E-state index in [0.717, 1.165) is 44.3 Å². The van der Waals surface area contributed by atoms with Crippen LogP contribution in [-0.4, -0.2) is 39.0 Å². The summed E-state index contributed by atoms with van der Waals surface area (Å²) in [6.07, 6.45) is 7.95. The van der Waals surface area contributed by atoms with Crippen molar-refractivity contribution in [3.63, 3.8) is 0 Å². The molecule has 12 heteroatoms. The minimum Gasteiger partial charge on any atom is -0.309 e. The van der Waals surface area contributed by atoms with Crippen molar-refractivity contribution in [2.24, 2.45) is 5.92 Å². The summed E-state index contributed by atoms with van der Waals surface area (Å²) in [5, 5.41) is 2.28. The summed E-state index contributed by atoms with van der Waals surface area (Å²) in [6, 6.07) is 4.50. The minimum atomic E-state index is -4.02. The molecule has 0 radical (unpaired) electrons. The van der Waals surface area contributed by atoms with Crippen molar-refractivity contribution < 1.29 is 21.6 Å². The van der Waals surface area contributed by atoms with Crippen molar-refractivity contribution in [3.05, 3.63) is 41.2 Å². The molecule has 0 bridgehead atoms. The quantitative estimate of drug-likeness (QED) is 0.567. The molecule has 1 aromatic carbocycles. The lowest BCUT2D eigenvalue weighted by Gasteiger charge is -2.21. The first-order valence-corrected chi connectivity index (χ1v) is 14.1. The molecular formula is C19H21Cl2N3O5S2. The van der Waals surface area contributed by atoms with Crippen LogP contribution in [0.15, 0.2) is 40.5 Å². The molecular weight excluding hydrogens is 485 g/mol. The molecule has 1 heterocycles. The maximum Gasteiger partial charge on any atom is 0.280 e. The van der Waals surface area contributed by atoms with Gasteiger partial charge < -0.3 is 5.32 Å². The molecule has 168 valence electrons. The number of hydrogen-bond acceptors (Lipinski definition) is 7. The highest BCUT2D eigenvalue weighted by atomic mass is 35.7. The Morgan fingerprint density at radius 2 is 1.84 bits per heavy atom. The third-order valence-corrected chi connectivity index (χ3v) is 8.01. The molecule has 31 heavy (non-hydrogen) atoms. The summed E-state index contributed by atoms with van der Waals surface area (Å²) in [7, 11) is -2.29. The van der Waals surface area contributed by atoms with Crippen LogP contribution in [0.4, 0.5) is 5.82 Å². The second-order valence-corrected chi connectivity index (χ2v) is 12.5. The van der Waals surface area contributed by atoms with Crippen LogP contribution in [0.5, 0.6) is 0 Å². The number of anilines is 1. The van der Waals surface area contributed by atoms with Crippen molar-refractivity contribution in [1.29, 1.82) is 0 Å². The molecule has 1 atom stereocenters.